The number of anilines is 1. The van der Waals surface area contributed by atoms with Crippen molar-refractivity contribution in [3.63, 3.8) is 0 Å². The minimum absolute atomic E-state index is 0.146. The zero-order valence-corrected chi connectivity index (χ0v) is 9.02. The molecule has 0 atom stereocenters. The highest BCUT2D eigenvalue weighted by molar-refractivity contribution is 7.53. The van der Waals surface area contributed by atoms with Gasteiger partial charge in [-0.05, 0) is 6.92 Å². The second-order valence-electron chi connectivity index (χ2n) is 2.81. The summed E-state index contributed by atoms with van der Waals surface area (Å²) < 4.78 is 16.1. The third-order valence-electron chi connectivity index (χ3n) is 1.85. The zero-order valence-electron chi connectivity index (χ0n) is 8.13. The van der Waals surface area contributed by atoms with Gasteiger partial charge in [0.25, 0.3) is 10.9 Å². The lowest BCUT2D eigenvalue weighted by molar-refractivity contribution is 0.331. The van der Waals surface area contributed by atoms with Crippen LogP contribution in [0.4, 0.5) is 5.69 Å². The van der Waals surface area contributed by atoms with Crippen LogP contribution in [0, 0.1) is 0 Å². The fourth-order valence-corrected chi connectivity index (χ4v) is 1.50. The van der Waals surface area contributed by atoms with E-state index in [0.717, 1.165) is 7.05 Å². The van der Waals surface area contributed by atoms with Crippen LogP contribution in [0.25, 0.3) is 0 Å². The van der Waals surface area contributed by atoms with Crippen molar-refractivity contribution in [2.24, 2.45) is 0 Å². The first-order valence-corrected chi connectivity index (χ1v) is 5.63. The van der Waals surface area contributed by atoms with E-state index < -0.39 is 18.6 Å². The molecule has 0 saturated heterocycles. The summed E-state index contributed by atoms with van der Waals surface area (Å²) in [4.78, 5) is 39.6. The maximum atomic E-state index is 11.1. The average molecular weight is 235 g/mol. The van der Waals surface area contributed by atoms with Crippen LogP contribution in [0.5, 0.6) is 5.75 Å². The number of ether oxygens (including phenoxy) is 1. The number of nitrogens with zero attached hydrogens (tertiary/aromatic N) is 1. The molecule has 0 unspecified atom stereocenters. The fourth-order valence-electron chi connectivity index (χ4n) is 1.06. The van der Waals surface area contributed by atoms with Crippen LogP contribution >= 0.6 is 7.75 Å². The largest absolute Gasteiger partial charge is 0.488 e. The van der Waals surface area contributed by atoms with Crippen LogP contribution in [0.2, 0.25) is 0 Å². The molecule has 1 aromatic rings. The maximum Gasteiger partial charge on any atom is 0.430 e. The van der Waals surface area contributed by atoms with Crippen LogP contribution in [0.3, 0.4) is 0 Å². The molecule has 84 valence electrons. The molecule has 0 radical (unpaired) electrons. The van der Waals surface area contributed by atoms with Crippen molar-refractivity contribution in [2.45, 2.75) is 6.92 Å². The van der Waals surface area contributed by atoms with Crippen molar-refractivity contribution in [1.29, 1.82) is 0 Å². The molecule has 1 rings (SSSR count). The molecule has 0 bridgehead atoms. The van der Waals surface area contributed by atoms with Gasteiger partial charge >= 0.3 is 7.75 Å². The molecular weight excluding hydrogens is 225 g/mol. The van der Waals surface area contributed by atoms with Gasteiger partial charge in [0.15, 0.2) is 5.75 Å². The fraction of sp³-hybridized carbons (Fsp3) is 0.429. The lowest BCUT2D eigenvalue weighted by Crippen LogP contribution is -2.38. The number of hydrogen-bond donors (Lipinski definition) is 2. The Bertz CT molecular complexity index is 482. The highest BCUT2D eigenvalue weighted by Crippen LogP contribution is 2.43. The molecule has 0 saturated carbocycles. The maximum absolute atomic E-state index is 11.1. The molecule has 0 heterocycles. The van der Waals surface area contributed by atoms with E-state index in [4.69, 9.17) is 14.5 Å². The lowest BCUT2D eigenvalue weighted by Gasteiger charge is -2.22. The van der Waals surface area contributed by atoms with Crippen molar-refractivity contribution in [1.82, 2.24) is 0 Å². The summed E-state index contributed by atoms with van der Waals surface area (Å²) >= 11 is 0. The summed E-state index contributed by atoms with van der Waals surface area (Å²) in [6.07, 6.45) is 0. The van der Waals surface area contributed by atoms with Gasteiger partial charge in [0.05, 0.1) is 6.61 Å². The van der Waals surface area contributed by atoms with Crippen LogP contribution in [-0.2, 0) is 4.57 Å². The monoisotopic (exact) mass is 235 g/mol. The van der Waals surface area contributed by atoms with Gasteiger partial charge in [-0.15, -0.1) is 0 Å². The third-order valence-corrected chi connectivity index (χ3v) is 2.83. The molecule has 0 aliphatic carbocycles. The molecule has 0 aliphatic rings. The summed E-state index contributed by atoms with van der Waals surface area (Å²) in [6, 6.07) is 0. The summed E-state index contributed by atoms with van der Waals surface area (Å²) in [5.74, 6) is -0.284. The first-order chi connectivity index (χ1) is 6.80. The van der Waals surface area contributed by atoms with E-state index in [0.29, 0.717) is 4.67 Å². The topological polar surface area (TPSA) is 104 Å². The smallest absolute Gasteiger partial charge is 0.430 e. The Morgan fingerprint density at radius 2 is 1.87 bits per heavy atom. The van der Waals surface area contributed by atoms with Crippen LogP contribution in [-0.4, -0.2) is 23.4 Å². The van der Waals surface area contributed by atoms with Gasteiger partial charge in [-0.2, -0.15) is 0 Å². The molecule has 0 aromatic heterocycles. The first-order valence-electron chi connectivity index (χ1n) is 4.06. The number of rotatable bonds is 4. The Kier molecular flexibility index (Phi) is 2.99. The quantitative estimate of drug-likeness (QED) is 0.520. The highest BCUT2D eigenvalue weighted by atomic mass is 31.2. The highest BCUT2D eigenvalue weighted by Gasteiger charge is 2.33. The van der Waals surface area contributed by atoms with Crippen LogP contribution in [0.15, 0.2) is 9.59 Å². The van der Waals surface area contributed by atoms with Gasteiger partial charge in [-0.3, -0.25) is 14.3 Å². The van der Waals surface area contributed by atoms with E-state index in [1.165, 1.54) is 0 Å². The molecule has 0 aliphatic heterocycles. The molecule has 15 heavy (non-hydrogen) atoms. The van der Waals surface area contributed by atoms with E-state index in [-0.39, 0.29) is 18.0 Å². The van der Waals surface area contributed by atoms with Gasteiger partial charge in [-0.1, -0.05) is 0 Å². The van der Waals surface area contributed by atoms with Gasteiger partial charge in [0, 0.05) is 7.05 Å². The Labute approximate surface area is 84.8 Å². The van der Waals surface area contributed by atoms with Crippen LogP contribution in [0.1, 0.15) is 6.92 Å². The molecule has 0 amide bonds. The first kappa shape index (κ1) is 11.9. The predicted octanol–water partition coefficient (Wildman–Crippen LogP) is -0.790. The molecule has 1 aromatic carbocycles. The van der Waals surface area contributed by atoms with Crippen molar-refractivity contribution in [2.75, 3.05) is 18.3 Å². The van der Waals surface area contributed by atoms with Crippen LogP contribution < -0.4 is 20.3 Å². The summed E-state index contributed by atoms with van der Waals surface area (Å²) in [7, 11) is -3.55. The third kappa shape index (κ3) is 1.94. The summed E-state index contributed by atoms with van der Waals surface area (Å²) in [5.41, 5.74) is -2.16. The minimum atomic E-state index is -4.58. The summed E-state index contributed by atoms with van der Waals surface area (Å²) in [6.45, 7) is 1.74. The van der Waals surface area contributed by atoms with Gasteiger partial charge in [-0.25, -0.2) is 4.57 Å². The van der Waals surface area contributed by atoms with E-state index in [1.807, 2.05) is 0 Å². The van der Waals surface area contributed by atoms with E-state index in [1.54, 1.807) is 6.92 Å². The Hall–Kier alpha value is -1.17. The molecule has 8 heteroatoms. The Morgan fingerprint density at radius 1 is 1.33 bits per heavy atom. The molecule has 2 N–H and O–H groups in total. The minimum Gasteiger partial charge on any atom is -0.488 e. The Balaban J connectivity index is 3.17. The predicted molar refractivity (Wildman–Crippen MR) is 53.0 cm³/mol. The van der Waals surface area contributed by atoms with Gasteiger partial charge in [0.1, 0.15) is 5.69 Å². The molecule has 0 spiro atoms. The average Bonchev–Trinajstić information content (AvgIpc) is 2.15. The van der Waals surface area contributed by atoms with E-state index in [2.05, 4.69) is 0 Å². The van der Waals surface area contributed by atoms with E-state index in [9.17, 15) is 14.2 Å². The number of hydrogen-bond acceptors (Lipinski definition) is 4. The lowest BCUT2D eigenvalue weighted by atomic mass is 10.2. The van der Waals surface area contributed by atoms with Gasteiger partial charge in [0.2, 0.25) is 0 Å². The van der Waals surface area contributed by atoms with Crippen molar-refractivity contribution in [3.8, 4) is 5.75 Å². The summed E-state index contributed by atoms with van der Waals surface area (Å²) in [5, 5.41) is 0. The van der Waals surface area contributed by atoms with Crippen molar-refractivity contribution in [3.05, 3.63) is 20.4 Å². The second kappa shape index (κ2) is 3.77. The molecule has 0 fully saturated rings. The van der Waals surface area contributed by atoms with E-state index >= 15 is 0 Å². The molecule has 7 nitrogen and oxygen atoms in total. The van der Waals surface area contributed by atoms with Crippen molar-refractivity contribution < 1.29 is 19.1 Å². The Morgan fingerprint density at radius 3 is 2.27 bits per heavy atom. The zero-order chi connectivity index (χ0) is 11.8. The second-order valence-corrected chi connectivity index (χ2v) is 4.43. The SMILES string of the molecule is CCOc1c(N(C)P(=O)(O)O)c(=O)c1=O. The normalized spacial score (nSPS) is 11.7. The van der Waals surface area contributed by atoms with Gasteiger partial charge < -0.3 is 14.5 Å². The van der Waals surface area contributed by atoms with Crippen molar-refractivity contribution >= 4 is 13.4 Å². The standard InChI is InChI=1S/C7H10NO6P/c1-3-14-7-4(5(9)6(7)10)8(2)15(11,12)13/h3H2,1-2H3,(H2,11,12,13). The molecular formula is C7H10NO6P.